The van der Waals surface area contributed by atoms with Crippen LogP contribution in [0.15, 0.2) is 59.8 Å². The summed E-state index contributed by atoms with van der Waals surface area (Å²) in [5.74, 6) is -0.0903. The molecule has 3 heterocycles. The summed E-state index contributed by atoms with van der Waals surface area (Å²) in [6.07, 6.45) is 1.13. The molecule has 5 aromatic rings. The van der Waals surface area contributed by atoms with Gasteiger partial charge in [0.25, 0.3) is 0 Å². The fourth-order valence-electron chi connectivity index (χ4n) is 4.09. The Hall–Kier alpha value is -3.79. The number of thioether (sulfide) groups is 1. The molecule has 0 saturated carbocycles. The van der Waals surface area contributed by atoms with Crippen molar-refractivity contribution in [3.8, 4) is 0 Å². The van der Waals surface area contributed by atoms with Gasteiger partial charge in [-0.3, -0.25) is 9.48 Å². The molecule has 1 atom stereocenters. The molecular weight excluding hydrogens is 477 g/mol. The first-order valence-electron chi connectivity index (χ1n) is 11.8. The number of para-hydroxylation sites is 2. The molecular formula is C26H26FN7OS. The number of rotatable bonds is 8. The molecule has 10 heteroatoms. The van der Waals surface area contributed by atoms with E-state index in [2.05, 4.69) is 10.4 Å². The average molecular weight is 504 g/mol. The Morgan fingerprint density at radius 1 is 1.08 bits per heavy atom. The van der Waals surface area contributed by atoms with E-state index >= 15 is 0 Å². The molecule has 0 bridgehead atoms. The largest absolute Gasteiger partial charge is 0.323 e. The standard InChI is InChI=1S/C26H26FN7OS/c1-4-22(25(35)28-21-12-8-6-10-19(21)27)36-26-29-20-11-7-5-9-18(20)24-30-23(32-34(24)26)13-14-33-17(3)15-16(2)31-33/h5-12,15,22H,4,13-14H2,1-3H3,(H,28,35)/t22-/m1/s1. The molecule has 1 amide bonds. The fraction of sp³-hybridized carbons (Fsp3) is 0.269. The van der Waals surface area contributed by atoms with Gasteiger partial charge in [0.05, 0.1) is 22.1 Å². The minimum atomic E-state index is -0.496. The summed E-state index contributed by atoms with van der Waals surface area (Å²) in [6, 6.07) is 15.9. The second kappa shape index (κ2) is 10.1. The number of hydrogen-bond acceptors (Lipinski definition) is 6. The minimum Gasteiger partial charge on any atom is -0.323 e. The Balaban J connectivity index is 1.46. The molecule has 1 N–H and O–H groups in total. The highest BCUT2D eigenvalue weighted by Crippen LogP contribution is 2.29. The van der Waals surface area contributed by atoms with Crippen molar-refractivity contribution in [2.24, 2.45) is 0 Å². The summed E-state index contributed by atoms with van der Waals surface area (Å²) in [4.78, 5) is 22.6. The summed E-state index contributed by atoms with van der Waals surface area (Å²) >= 11 is 1.30. The van der Waals surface area contributed by atoms with Gasteiger partial charge >= 0.3 is 0 Å². The average Bonchev–Trinajstić information content (AvgIpc) is 3.44. The lowest BCUT2D eigenvalue weighted by atomic mass is 10.2. The van der Waals surface area contributed by atoms with Gasteiger partial charge in [-0.15, -0.1) is 5.10 Å². The van der Waals surface area contributed by atoms with Gasteiger partial charge < -0.3 is 5.32 Å². The van der Waals surface area contributed by atoms with Crippen LogP contribution < -0.4 is 5.32 Å². The number of nitrogens with one attached hydrogen (secondary N) is 1. The molecule has 0 unspecified atom stereocenters. The second-order valence-electron chi connectivity index (χ2n) is 8.56. The number of aromatic nitrogens is 6. The van der Waals surface area contributed by atoms with E-state index in [9.17, 15) is 9.18 Å². The number of hydrogen-bond donors (Lipinski definition) is 1. The maximum Gasteiger partial charge on any atom is 0.238 e. The molecule has 0 radical (unpaired) electrons. The van der Waals surface area contributed by atoms with Crippen LogP contribution in [-0.4, -0.2) is 40.5 Å². The molecule has 0 spiro atoms. The third-order valence-electron chi connectivity index (χ3n) is 5.89. The fourth-order valence-corrected chi connectivity index (χ4v) is 5.05. The summed E-state index contributed by atoms with van der Waals surface area (Å²) in [5, 5.41) is 12.9. The van der Waals surface area contributed by atoms with Crippen molar-refractivity contribution in [2.75, 3.05) is 5.32 Å². The van der Waals surface area contributed by atoms with Crippen LogP contribution in [0.1, 0.15) is 30.6 Å². The van der Waals surface area contributed by atoms with Gasteiger partial charge in [-0.2, -0.15) is 9.61 Å². The number of halogens is 1. The quantitative estimate of drug-likeness (QED) is 0.237. The Morgan fingerprint density at radius 2 is 1.86 bits per heavy atom. The van der Waals surface area contributed by atoms with E-state index < -0.39 is 11.1 Å². The zero-order valence-electron chi connectivity index (χ0n) is 20.3. The molecule has 184 valence electrons. The third kappa shape index (κ3) is 4.81. The Bertz CT molecular complexity index is 1560. The topological polar surface area (TPSA) is 90.0 Å². The third-order valence-corrected chi connectivity index (χ3v) is 7.19. The van der Waals surface area contributed by atoms with Gasteiger partial charge in [0.15, 0.2) is 16.6 Å². The minimum absolute atomic E-state index is 0.158. The van der Waals surface area contributed by atoms with Gasteiger partial charge in [-0.05, 0) is 50.6 Å². The predicted molar refractivity (Wildman–Crippen MR) is 139 cm³/mol. The van der Waals surface area contributed by atoms with Crippen LogP contribution >= 0.6 is 11.8 Å². The molecule has 0 aliphatic carbocycles. The van der Waals surface area contributed by atoms with E-state index in [-0.39, 0.29) is 11.6 Å². The zero-order chi connectivity index (χ0) is 25.2. The number of aryl methyl sites for hydroxylation is 4. The summed E-state index contributed by atoms with van der Waals surface area (Å²) in [5.41, 5.74) is 3.69. The SMILES string of the molecule is CC[C@@H](Sc1nc2ccccc2c2nc(CCn3nc(C)cc3C)nn12)C(=O)Nc1ccccc1F. The monoisotopic (exact) mass is 503 g/mol. The highest BCUT2D eigenvalue weighted by atomic mass is 32.2. The highest BCUT2D eigenvalue weighted by Gasteiger charge is 2.23. The molecule has 0 aliphatic rings. The van der Waals surface area contributed by atoms with E-state index in [1.807, 2.05) is 55.8 Å². The number of nitrogens with zero attached hydrogens (tertiary/aromatic N) is 6. The lowest BCUT2D eigenvalue weighted by Crippen LogP contribution is -2.25. The lowest BCUT2D eigenvalue weighted by Gasteiger charge is -2.15. The van der Waals surface area contributed by atoms with Crippen molar-refractivity contribution in [3.05, 3.63) is 77.6 Å². The first-order chi connectivity index (χ1) is 17.4. The molecule has 3 aromatic heterocycles. The number of anilines is 1. The normalized spacial score (nSPS) is 12.3. The summed E-state index contributed by atoms with van der Waals surface area (Å²) in [7, 11) is 0. The Labute approximate surface area is 211 Å². The van der Waals surface area contributed by atoms with Gasteiger partial charge in [-0.1, -0.05) is 43.0 Å². The van der Waals surface area contributed by atoms with Crippen LogP contribution in [-0.2, 0) is 17.8 Å². The van der Waals surface area contributed by atoms with E-state index in [0.717, 1.165) is 22.3 Å². The Kier molecular flexibility index (Phi) is 6.69. The van der Waals surface area contributed by atoms with E-state index in [4.69, 9.17) is 15.1 Å². The van der Waals surface area contributed by atoms with Crippen molar-refractivity contribution in [2.45, 2.75) is 50.6 Å². The van der Waals surface area contributed by atoms with Crippen molar-refractivity contribution >= 4 is 39.9 Å². The van der Waals surface area contributed by atoms with E-state index in [0.29, 0.717) is 36.0 Å². The molecule has 5 rings (SSSR count). The highest BCUT2D eigenvalue weighted by molar-refractivity contribution is 8.00. The first-order valence-corrected chi connectivity index (χ1v) is 12.7. The molecule has 36 heavy (non-hydrogen) atoms. The van der Waals surface area contributed by atoms with Crippen LogP contribution in [0, 0.1) is 19.7 Å². The number of carbonyl (C=O) groups excluding carboxylic acids is 1. The zero-order valence-corrected chi connectivity index (χ0v) is 21.1. The maximum absolute atomic E-state index is 14.1. The van der Waals surface area contributed by atoms with Gasteiger partial charge in [-0.25, -0.2) is 14.4 Å². The number of amides is 1. The smallest absolute Gasteiger partial charge is 0.238 e. The van der Waals surface area contributed by atoms with Crippen molar-refractivity contribution in [1.29, 1.82) is 0 Å². The lowest BCUT2D eigenvalue weighted by molar-refractivity contribution is -0.115. The van der Waals surface area contributed by atoms with Crippen LogP contribution in [0.3, 0.4) is 0 Å². The van der Waals surface area contributed by atoms with Crippen LogP contribution in [0.4, 0.5) is 10.1 Å². The second-order valence-corrected chi connectivity index (χ2v) is 9.73. The van der Waals surface area contributed by atoms with Crippen molar-refractivity contribution in [3.63, 3.8) is 0 Å². The van der Waals surface area contributed by atoms with Crippen molar-refractivity contribution < 1.29 is 9.18 Å². The van der Waals surface area contributed by atoms with Gasteiger partial charge in [0.1, 0.15) is 5.82 Å². The van der Waals surface area contributed by atoms with E-state index in [1.165, 1.54) is 17.8 Å². The Morgan fingerprint density at radius 3 is 2.61 bits per heavy atom. The van der Waals surface area contributed by atoms with E-state index in [1.54, 1.807) is 22.7 Å². The number of benzene rings is 2. The molecule has 2 aromatic carbocycles. The van der Waals surface area contributed by atoms with Crippen molar-refractivity contribution in [1.82, 2.24) is 29.4 Å². The molecule has 0 saturated heterocycles. The summed E-state index contributed by atoms with van der Waals surface area (Å²) in [6.45, 7) is 6.58. The molecule has 0 aliphatic heterocycles. The van der Waals surface area contributed by atoms with Gasteiger partial charge in [0, 0.05) is 24.0 Å². The maximum atomic E-state index is 14.1. The molecule has 0 fully saturated rings. The van der Waals surface area contributed by atoms with Crippen LogP contribution in [0.5, 0.6) is 0 Å². The first kappa shape index (κ1) is 23.9. The van der Waals surface area contributed by atoms with Gasteiger partial charge in [0.2, 0.25) is 5.91 Å². The van der Waals surface area contributed by atoms with Crippen LogP contribution in [0.2, 0.25) is 0 Å². The predicted octanol–water partition coefficient (Wildman–Crippen LogP) is 4.98. The number of carbonyl (C=O) groups is 1. The number of fused-ring (bicyclic) bond motifs is 3. The van der Waals surface area contributed by atoms with Crippen LogP contribution in [0.25, 0.3) is 16.6 Å². The molecule has 8 nitrogen and oxygen atoms in total. The summed E-state index contributed by atoms with van der Waals surface area (Å²) < 4.78 is 17.8.